The van der Waals surface area contributed by atoms with Gasteiger partial charge in [-0.3, -0.25) is 0 Å². The van der Waals surface area contributed by atoms with Gasteiger partial charge < -0.3 is 19.8 Å². The van der Waals surface area contributed by atoms with E-state index in [9.17, 15) is 0 Å². The quantitative estimate of drug-likeness (QED) is 0.759. The molecule has 1 atom stereocenters. The van der Waals surface area contributed by atoms with Crippen LogP contribution in [0.4, 0.5) is 0 Å². The second-order valence-corrected chi connectivity index (χ2v) is 6.98. The highest BCUT2D eigenvalue weighted by Crippen LogP contribution is 2.37. The third kappa shape index (κ3) is 2.84. The molecule has 136 valence electrons. The second kappa shape index (κ2) is 7.04. The van der Waals surface area contributed by atoms with Crippen molar-refractivity contribution in [2.45, 2.75) is 31.7 Å². The minimum Gasteiger partial charge on any atom is -0.497 e. The first-order valence-corrected chi connectivity index (χ1v) is 9.27. The second-order valence-electron chi connectivity index (χ2n) is 6.98. The van der Waals surface area contributed by atoms with Crippen LogP contribution in [0.25, 0.3) is 10.9 Å². The summed E-state index contributed by atoms with van der Waals surface area (Å²) in [4.78, 5) is 0. The molecular formula is C22H26N2O2. The number of hydrogen-bond acceptors (Lipinski definition) is 3. The van der Waals surface area contributed by atoms with Crippen molar-refractivity contribution in [1.29, 1.82) is 0 Å². The molecule has 2 N–H and O–H groups in total. The molecule has 1 aromatic heterocycles. The summed E-state index contributed by atoms with van der Waals surface area (Å²) >= 11 is 0. The van der Waals surface area contributed by atoms with Crippen molar-refractivity contribution in [2.75, 3.05) is 20.8 Å². The third-order valence-electron chi connectivity index (χ3n) is 5.57. The van der Waals surface area contributed by atoms with Crippen LogP contribution in [0, 0.1) is 0 Å². The number of nitrogens with zero attached hydrogens (tertiary/aromatic N) is 1. The van der Waals surface area contributed by atoms with Crippen LogP contribution in [-0.2, 0) is 19.3 Å². The predicted molar refractivity (Wildman–Crippen MR) is 105 cm³/mol. The number of fused-ring (bicyclic) bond motifs is 2. The summed E-state index contributed by atoms with van der Waals surface area (Å²) < 4.78 is 13.5. The van der Waals surface area contributed by atoms with Gasteiger partial charge in [-0.2, -0.15) is 0 Å². The molecule has 4 rings (SSSR count). The van der Waals surface area contributed by atoms with Gasteiger partial charge in [-0.05, 0) is 73.2 Å². The van der Waals surface area contributed by atoms with E-state index in [1.807, 2.05) is 6.07 Å². The van der Waals surface area contributed by atoms with Crippen LogP contribution >= 0.6 is 0 Å². The Hall–Kier alpha value is -2.46. The highest BCUT2D eigenvalue weighted by Gasteiger charge is 2.24. The number of aryl methyl sites for hydroxylation is 1. The van der Waals surface area contributed by atoms with E-state index in [0.29, 0.717) is 12.6 Å². The van der Waals surface area contributed by atoms with Crippen molar-refractivity contribution in [2.24, 2.45) is 5.73 Å². The van der Waals surface area contributed by atoms with Crippen molar-refractivity contribution in [3.8, 4) is 11.5 Å². The first kappa shape index (κ1) is 17.0. The van der Waals surface area contributed by atoms with E-state index in [4.69, 9.17) is 15.2 Å². The fourth-order valence-corrected chi connectivity index (χ4v) is 4.25. The van der Waals surface area contributed by atoms with Crippen LogP contribution in [-0.4, -0.2) is 25.3 Å². The summed E-state index contributed by atoms with van der Waals surface area (Å²) in [5.74, 6) is 1.90. The van der Waals surface area contributed by atoms with Crippen molar-refractivity contribution in [3.63, 3.8) is 0 Å². The average molecular weight is 350 g/mol. The molecule has 2 aromatic carbocycles. The van der Waals surface area contributed by atoms with Crippen LogP contribution < -0.4 is 15.2 Å². The molecule has 0 bridgehead atoms. The highest BCUT2D eigenvalue weighted by atomic mass is 16.5. The Kier molecular flexibility index (Phi) is 4.60. The molecule has 0 saturated heterocycles. The largest absolute Gasteiger partial charge is 0.497 e. The van der Waals surface area contributed by atoms with Gasteiger partial charge in [-0.25, -0.2) is 0 Å². The summed E-state index contributed by atoms with van der Waals surface area (Å²) in [6.45, 7) is 0.650. The van der Waals surface area contributed by atoms with E-state index in [1.54, 1.807) is 14.2 Å². The normalized spacial score (nSPS) is 16.5. The molecule has 4 nitrogen and oxygen atoms in total. The van der Waals surface area contributed by atoms with E-state index in [1.165, 1.54) is 27.6 Å². The molecule has 1 unspecified atom stereocenters. The Labute approximate surface area is 154 Å². The average Bonchev–Trinajstić information content (AvgIpc) is 3.05. The van der Waals surface area contributed by atoms with Gasteiger partial charge in [0.15, 0.2) is 0 Å². The molecule has 3 aromatic rings. The molecule has 0 saturated carbocycles. The predicted octanol–water partition coefficient (Wildman–Crippen LogP) is 3.89. The lowest BCUT2D eigenvalue weighted by Crippen LogP contribution is -2.18. The van der Waals surface area contributed by atoms with Crippen LogP contribution in [0.3, 0.4) is 0 Å². The molecule has 26 heavy (non-hydrogen) atoms. The fraction of sp³-hybridized carbons (Fsp3) is 0.364. The van der Waals surface area contributed by atoms with E-state index in [0.717, 1.165) is 37.2 Å². The third-order valence-corrected chi connectivity index (χ3v) is 5.57. The highest BCUT2D eigenvalue weighted by molar-refractivity contribution is 5.85. The van der Waals surface area contributed by atoms with E-state index in [-0.39, 0.29) is 0 Å². The lowest BCUT2D eigenvalue weighted by Gasteiger charge is -2.28. The maximum Gasteiger partial charge on any atom is 0.122 e. The number of aromatic nitrogens is 1. The van der Waals surface area contributed by atoms with E-state index in [2.05, 4.69) is 41.1 Å². The SMILES string of the molecule is COc1ccc2c(c1)c(CCN)cn2C1CCc2cccc(OC)c2C1. The zero-order valence-electron chi connectivity index (χ0n) is 15.5. The number of benzene rings is 2. The Morgan fingerprint density at radius 3 is 2.81 bits per heavy atom. The number of nitrogens with two attached hydrogens (primary N) is 1. The molecule has 1 aliphatic rings. The maximum atomic E-state index is 5.85. The van der Waals surface area contributed by atoms with Gasteiger partial charge in [0.2, 0.25) is 0 Å². The summed E-state index contributed by atoms with van der Waals surface area (Å²) in [7, 11) is 3.47. The standard InChI is InChI=1S/C22H26N2O2/c1-25-18-8-9-21-19(13-18)16(10-11-23)14-24(21)17-7-6-15-4-3-5-22(26-2)20(15)12-17/h3-5,8-9,13-14,17H,6-7,10-12,23H2,1-2H3. The molecule has 1 aliphatic carbocycles. The number of rotatable bonds is 5. The zero-order chi connectivity index (χ0) is 18.1. The molecule has 0 amide bonds. The lowest BCUT2D eigenvalue weighted by atomic mass is 9.87. The number of hydrogen-bond donors (Lipinski definition) is 1. The van der Waals surface area contributed by atoms with Gasteiger partial charge in [0.1, 0.15) is 11.5 Å². The fourth-order valence-electron chi connectivity index (χ4n) is 4.25. The molecule has 1 heterocycles. The molecule has 0 aliphatic heterocycles. The topological polar surface area (TPSA) is 49.4 Å². The molecule has 0 spiro atoms. The van der Waals surface area contributed by atoms with E-state index < -0.39 is 0 Å². The minimum absolute atomic E-state index is 0.432. The van der Waals surface area contributed by atoms with Crippen LogP contribution in [0.2, 0.25) is 0 Å². The number of methoxy groups -OCH3 is 2. The Bertz CT molecular complexity index is 915. The van der Waals surface area contributed by atoms with Crippen molar-refractivity contribution < 1.29 is 9.47 Å². The summed E-state index contributed by atoms with van der Waals surface area (Å²) in [5.41, 5.74) is 11.2. The van der Waals surface area contributed by atoms with E-state index >= 15 is 0 Å². The maximum absolute atomic E-state index is 5.85. The Morgan fingerprint density at radius 2 is 2.04 bits per heavy atom. The minimum atomic E-state index is 0.432. The van der Waals surface area contributed by atoms with Crippen molar-refractivity contribution >= 4 is 10.9 Å². The molecule has 4 heteroatoms. The Balaban J connectivity index is 1.77. The van der Waals surface area contributed by atoms with Crippen molar-refractivity contribution in [3.05, 3.63) is 59.3 Å². The van der Waals surface area contributed by atoms with Crippen LogP contribution in [0.5, 0.6) is 11.5 Å². The van der Waals surface area contributed by atoms with Crippen LogP contribution in [0.15, 0.2) is 42.6 Å². The first-order chi connectivity index (χ1) is 12.7. The van der Waals surface area contributed by atoms with Gasteiger partial charge in [0.25, 0.3) is 0 Å². The first-order valence-electron chi connectivity index (χ1n) is 9.27. The van der Waals surface area contributed by atoms with Gasteiger partial charge >= 0.3 is 0 Å². The summed E-state index contributed by atoms with van der Waals surface area (Å²) in [5, 5.41) is 1.25. The van der Waals surface area contributed by atoms with Gasteiger partial charge in [0.05, 0.1) is 14.2 Å². The molecular weight excluding hydrogens is 324 g/mol. The molecule has 0 fully saturated rings. The summed E-state index contributed by atoms with van der Waals surface area (Å²) in [6.07, 6.45) is 6.39. The zero-order valence-corrected chi connectivity index (χ0v) is 15.5. The lowest BCUT2D eigenvalue weighted by molar-refractivity contribution is 0.391. The van der Waals surface area contributed by atoms with Crippen molar-refractivity contribution in [1.82, 2.24) is 4.57 Å². The van der Waals surface area contributed by atoms with Gasteiger partial charge in [0, 0.05) is 23.1 Å². The Morgan fingerprint density at radius 1 is 1.15 bits per heavy atom. The van der Waals surface area contributed by atoms with Gasteiger partial charge in [-0.1, -0.05) is 12.1 Å². The van der Waals surface area contributed by atoms with Gasteiger partial charge in [-0.15, -0.1) is 0 Å². The monoisotopic (exact) mass is 350 g/mol. The number of ether oxygens (including phenoxy) is 2. The molecule has 0 radical (unpaired) electrons. The smallest absolute Gasteiger partial charge is 0.122 e. The summed E-state index contributed by atoms with van der Waals surface area (Å²) in [6, 6.07) is 13.2. The van der Waals surface area contributed by atoms with Crippen LogP contribution in [0.1, 0.15) is 29.2 Å².